The maximum absolute atomic E-state index is 4.47. The third-order valence-corrected chi connectivity index (χ3v) is 3.92. The van der Waals surface area contributed by atoms with Gasteiger partial charge in [-0.15, -0.1) is 0 Å². The molecule has 0 atom stereocenters. The van der Waals surface area contributed by atoms with Gasteiger partial charge in [-0.05, 0) is 44.5 Å². The average Bonchev–Trinajstić information content (AvgIpc) is 2.29. The maximum atomic E-state index is 4.47. The first-order chi connectivity index (χ1) is 7.70. The van der Waals surface area contributed by atoms with Crippen LogP contribution in [0.1, 0.15) is 6.92 Å². The number of anilines is 1. The third-order valence-electron chi connectivity index (χ3n) is 2.91. The monoisotopic (exact) mass is 347 g/mol. The number of aromatic nitrogens is 1. The molecule has 1 aliphatic heterocycles. The zero-order chi connectivity index (χ0) is 11.5. The van der Waals surface area contributed by atoms with Gasteiger partial charge in [-0.1, -0.05) is 6.92 Å². The highest BCUT2D eigenvalue weighted by atomic mass is 79.9. The lowest BCUT2D eigenvalue weighted by Crippen LogP contribution is -2.46. The van der Waals surface area contributed by atoms with Crippen LogP contribution in [0.3, 0.4) is 0 Å². The summed E-state index contributed by atoms with van der Waals surface area (Å²) in [5.41, 5.74) is 0. The molecule has 0 bridgehead atoms. The van der Waals surface area contributed by atoms with Crippen LogP contribution in [-0.2, 0) is 0 Å². The van der Waals surface area contributed by atoms with E-state index >= 15 is 0 Å². The van der Waals surface area contributed by atoms with Gasteiger partial charge in [0.15, 0.2) is 0 Å². The highest BCUT2D eigenvalue weighted by molar-refractivity contribution is 9.11. The summed E-state index contributed by atoms with van der Waals surface area (Å²) < 4.78 is 2.07. The van der Waals surface area contributed by atoms with E-state index in [1.54, 1.807) is 0 Å². The number of hydrogen-bond donors (Lipinski definition) is 0. The predicted molar refractivity (Wildman–Crippen MR) is 74.0 cm³/mol. The zero-order valence-electron chi connectivity index (χ0n) is 9.29. The van der Waals surface area contributed by atoms with Crippen molar-refractivity contribution in [2.24, 2.45) is 0 Å². The zero-order valence-corrected chi connectivity index (χ0v) is 12.5. The van der Waals surface area contributed by atoms with Crippen LogP contribution in [0, 0.1) is 0 Å². The summed E-state index contributed by atoms with van der Waals surface area (Å²) >= 11 is 6.99. The molecule has 0 radical (unpaired) electrons. The molecule has 0 aromatic carbocycles. The van der Waals surface area contributed by atoms with Crippen LogP contribution >= 0.6 is 31.9 Å². The molecule has 1 aromatic heterocycles. The van der Waals surface area contributed by atoms with Gasteiger partial charge in [0.05, 0.1) is 4.47 Å². The minimum Gasteiger partial charge on any atom is -0.353 e. The normalized spacial score (nSPS) is 17.8. The summed E-state index contributed by atoms with van der Waals surface area (Å²) in [6.45, 7) is 7.72. The molecule has 1 aliphatic rings. The SMILES string of the molecule is CCN1CCN(c2ncc(Br)cc2Br)CC1. The molecule has 1 saturated heterocycles. The largest absolute Gasteiger partial charge is 0.353 e. The van der Waals surface area contributed by atoms with E-state index in [9.17, 15) is 0 Å². The second-order valence-electron chi connectivity index (χ2n) is 3.88. The number of piperazine rings is 1. The molecule has 16 heavy (non-hydrogen) atoms. The summed E-state index contributed by atoms with van der Waals surface area (Å²) in [6, 6.07) is 2.05. The molecule has 0 unspecified atom stereocenters. The van der Waals surface area contributed by atoms with Gasteiger partial charge in [0.25, 0.3) is 0 Å². The second-order valence-corrected chi connectivity index (χ2v) is 5.65. The lowest BCUT2D eigenvalue weighted by atomic mass is 10.3. The van der Waals surface area contributed by atoms with Gasteiger partial charge < -0.3 is 9.80 Å². The fourth-order valence-corrected chi connectivity index (χ4v) is 3.15. The van der Waals surface area contributed by atoms with E-state index in [4.69, 9.17) is 0 Å². The van der Waals surface area contributed by atoms with Gasteiger partial charge >= 0.3 is 0 Å². The Balaban J connectivity index is 2.08. The van der Waals surface area contributed by atoms with E-state index in [-0.39, 0.29) is 0 Å². The highest BCUT2D eigenvalue weighted by Gasteiger charge is 2.18. The van der Waals surface area contributed by atoms with Crippen molar-refractivity contribution in [3.05, 3.63) is 21.2 Å². The van der Waals surface area contributed by atoms with Crippen LogP contribution in [0.4, 0.5) is 5.82 Å². The smallest absolute Gasteiger partial charge is 0.143 e. The number of hydrogen-bond acceptors (Lipinski definition) is 3. The standard InChI is InChI=1S/C11H15Br2N3/c1-2-15-3-5-16(6-4-15)11-10(13)7-9(12)8-14-11/h7-8H,2-6H2,1H3. The Labute approximate surface area is 113 Å². The first kappa shape index (κ1) is 12.3. The Morgan fingerprint density at radius 1 is 1.25 bits per heavy atom. The molecule has 1 fully saturated rings. The molecule has 88 valence electrons. The topological polar surface area (TPSA) is 19.4 Å². The van der Waals surface area contributed by atoms with Crippen LogP contribution in [0.2, 0.25) is 0 Å². The Bertz CT molecular complexity index is 362. The quantitative estimate of drug-likeness (QED) is 0.819. The van der Waals surface area contributed by atoms with E-state index < -0.39 is 0 Å². The van der Waals surface area contributed by atoms with Gasteiger partial charge in [0.1, 0.15) is 5.82 Å². The van der Waals surface area contributed by atoms with Crippen molar-refractivity contribution in [1.29, 1.82) is 0 Å². The number of pyridine rings is 1. The van der Waals surface area contributed by atoms with Gasteiger partial charge in [-0.3, -0.25) is 0 Å². The molecular weight excluding hydrogens is 334 g/mol. The molecule has 0 aliphatic carbocycles. The van der Waals surface area contributed by atoms with E-state index in [1.807, 2.05) is 6.20 Å². The summed E-state index contributed by atoms with van der Waals surface area (Å²) in [4.78, 5) is 9.26. The molecule has 0 spiro atoms. The Hall–Kier alpha value is -0.130. The summed E-state index contributed by atoms with van der Waals surface area (Å²) in [6.07, 6.45) is 1.85. The first-order valence-electron chi connectivity index (χ1n) is 5.49. The lowest BCUT2D eigenvalue weighted by Gasteiger charge is -2.35. The van der Waals surface area contributed by atoms with Gasteiger partial charge in [0.2, 0.25) is 0 Å². The van der Waals surface area contributed by atoms with Crippen molar-refractivity contribution in [1.82, 2.24) is 9.88 Å². The lowest BCUT2D eigenvalue weighted by molar-refractivity contribution is 0.270. The number of rotatable bonds is 2. The minimum atomic E-state index is 1.01. The van der Waals surface area contributed by atoms with Crippen LogP contribution in [0.25, 0.3) is 0 Å². The van der Waals surface area contributed by atoms with Crippen molar-refractivity contribution in [2.45, 2.75) is 6.92 Å². The number of halogens is 2. The number of nitrogens with zero attached hydrogens (tertiary/aromatic N) is 3. The minimum absolute atomic E-state index is 1.01. The molecule has 2 heterocycles. The van der Waals surface area contributed by atoms with Gasteiger partial charge in [0, 0.05) is 36.8 Å². The van der Waals surface area contributed by atoms with Gasteiger partial charge in [-0.25, -0.2) is 4.98 Å². The Morgan fingerprint density at radius 2 is 1.94 bits per heavy atom. The van der Waals surface area contributed by atoms with E-state index in [0.717, 1.165) is 47.5 Å². The van der Waals surface area contributed by atoms with Crippen LogP contribution in [-0.4, -0.2) is 42.6 Å². The fraction of sp³-hybridized carbons (Fsp3) is 0.545. The molecular formula is C11H15Br2N3. The van der Waals surface area contributed by atoms with Crippen molar-refractivity contribution in [3.8, 4) is 0 Å². The molecule has 3 nitrogen and oxygen atoms in total. The van der Waals surface area contributed by atoms with Crippen molar-refractivity contribution in [3.63, 3.8) is 0 Å². The Kier molecular flexibility index (Phi) is 4.21. The van der Waals surface area contributed by atoms with Crippen molar-refractivity contribution < 1.29 is 0 Å². The maximum Gasteiger partial charge on any atom is 0.143 e. The van der Waals surface area contributed by atoms with Crippen LogP contribution < -0.4 is 4.90 Å². The van der Waals surface area contributed by atoms with Crippen molar-refractivity contribution >= 4 is 37.7 Å². The average molecular weight is 349 g/mol. The molecule has 2 rings (SSSR count). The van der Waals surface area contributed by atoms with E-state index in [1.165, 1.54) is 0 Å². The summed E-state index contributed by atoms with van der Waals surface area (Å²) in [5, 5.41) is 0. The summed E-state index contributed by atoms with van der Waals surface area (Å²) in [5.74, 6) is 1.05. The van der Waals surface area contributed by atoms with Crippen LogP contribution in [0.5, 0.6) is 0 Å². The Morgan fingerprint density at radius 3 is 2.50 bits per heavy atom. The van der Waals surface area contributed by atoms with Gasteiger partial charge in [-0.2, -0.15) is 0 Å². The molecule has 0 N–H and O–H groups in total. The number of likely N-dealkylation sites (N-methyl/N-ethyl adjacent to an activating group) is 1. The highest BCUT2D eigenvalue weighted by Crippen LogP contribution is 2.27. The van der Waals surface area contributed by atoms with E-state index in [0.29, 0.717) is 0 Å². The van der Waals surface area contributed by atoms with Crippen molar-refractivity contribution in [2.75, 3.05) is 37.6 Å². The van der Waals surface area contributed by atoms with E-state index in [2.05, 4.69) is 59.6 Å². The first-order valence-corrected chi connectivity index (χ1v) is 7.07. The molecule has 5 heteroatoms. The molecule has 1 aromatic rings. The summed E-state index contributed by atoms with van der Waals surface area (Å²) in [7, 11) is 0. The molecule has 0 saturated carbocycles. The predicted octanol–water partition coefficient (Wildman–Crippen LogP) is 2.75. The third kappa shape index (κ3) is 2.76. The molecule has 0 amide bonds. The fourth-order valence-electron chi connectivity index (χ4n) is 1.92. The van der Waals surface area contributed by atoms with Crippen LogP contribution in [0.15, 0.2) is 21.2 Å². The second kappa shape index (κ2) is 5.47.